The highest BCUT2D eigenvalue weighted by Crippen LogP contribution is 2.20. The summed E-state index contributed by atoms with van der Waals surface area (Å²) in [5.41, 5.74) is 10.5. The number of aliphatic imine (C=N–C) groups is 1. The molecular weight excluding hydrogens is 427 g/mol. The molecule has 0 spiro atoms. The van der Waals surface area contributed by atoms with E-state index in [1.54, 1.807) is 7.11 Å². The van der Waals surface area contributed by atoms with E-state index in [-0.39, 0.29) is 24.0 Å². The second-order valence-corrected chi connectivity index (χ2v) is 5.74. The van der Waals surface area contributed by atoms with Crippen molar-refractivity contribution < 1.29 is 4.74 Å². The van der Waals surface area contributed by atoms with Gasteiger partial charge >= 0.3 is 0 Å². The molecule has 0 unspecified atom stereocenters. The van der Waals surface area contributed by atoms with Crippen molar-refractivity contribution in [3.8, 4) is 5.75 Å². The van der Waals surface area contributed by atoms with Crippen molar-refractivity contribution in [2.24, 2.45) is 10.7 Å². The van der Waals surface area contributed by atoms with Crippen molar-refractivity contribution in [1.82, 2.24) is 4.98 Å². The average Bonchev–Trinajstić information content (AvgIpc) is 2.97. The predicted molar refractivity (Wildman–Crippen MR) is 115 cm³/mol. The Morgan fingerprint density at radius 2 is 2.08 bits per heavy atom. The van der Waals surface area contributed by atoms with Crippen molar-refractivity contribution in [3.63, 3.8) is 0 Å². The van der Waals surface area contributed by atoms with Crippen molar-refractivity contribution >= 4 is 46.5 Å². The fourth-order valence-electron chi connectivity index (χ4n) is 2.69. The molecule has 0 saturated carbocycles. The van der Waals surface area contributed by atoms with Crippen LogP contribution in [0.5, 0.6) is 5.75 Å². The zero-order valence-electron chi connectivity index (χ0n) is 14.4. The van der Waals surface area contributed by atoms with Crippen LogP contribution in [0.4, 0.5) is 5.69 Å². The standard InChI is InChI=1S/C19H22N4O.HI/c1-13-6-7-17-14(12-22-18(17)10-13)8-9-21-19(20)23-15-4-3-5-16(11-15)24-2;/h3-7,10-12,22H,8-9H2,1-2H3,(H3,20,21,23);1H. The normalized spacial score (nSPS) is 11.2. The number of hydrogen-bond acceptors (Lipinski definition) is 2. The van der Waals surface area contributed by atoms with Crippen LogP contribution in [0.2, 0.25) is 0 Å². The molecule has 0 aliphatic heterocycles. The number of methoxy groups -OCH3 is 1. The van der Waals surface area contributed by atoms with Gasteiger partial charge in [-0.2, -0.15) is 0 Å². The van der Waals surface area contributed by atoms with E-state index in [2.05, 4.69) is 40.4 Å². The summed E-state index contributed by atoms with van der Waals surface area (Å²) in [5.74, 6) is 1.18. The molecule has 4 N–H and O–H groups in total. The highest BCUT2D eigenvalue weighted by Gasteiger charge is 2.03. The number of halogens is 1. The summed E-state index contributed by atoms with van der Waals surface area (Å²) in [5, 5.41) is 4.33. The molecule has 6 heteroatoms. The van der Waals surface area contributed by atoms with Crippen molar-refractivity contribution in [2.75, 3.05) is 19.0 Å². The molecule has 2 aromatic carbocycles. The minimum atomic E-state index is 0. The number of aryl methyl sites for hydroxylation is 1. The lowest BCUT2D eigenvalue weighted by atomic mass is 10.1. The van der Waals surface area contributed by atoms with Crippen LogP contribution in [-0.4, -0.2) is 24.6 Å². The van der Waals surface area contributed by atoms with Gasteiger partial charge < -0.3 is 20.8 Å². The fourth-order valence-corrected chi connectivity index (χ4v) is 2.69. The van der Waals surface area contributed by atoms with Gasteiger partial charge in [0.1, 0.15) is 5.75 Å². The number of rotatable bonds is 5. The lowest BCUT2D eigenvalue weighted by Gasteiger charge is -2.07. The minimum Gasteiger partial charge on any atom is -0.497 e. The quantitative estimate of drug-likeness (QED) is 0.312. The fraction of sp³-hybridized carbons (Fsp3) is 0.211. The molecule has 0 aliphatic carbocycles. The Labute approximate surface area is 164 Å². The first kappa shape index (κ1) is 19.1. The Hall–Kier alpha value is -2.22. The first-order valence-corrected chi connectivity index (χ1v) is 7.93. The van der Waals surface area contributed by atoms with Crippen LogP contribution in [0.15, 0.2) is 53.7 Å². The van der Waals surface area contributed by atoms with E-state index < -0.39 is 0 Å². The summed E-state index contributed by atoms with van der Waals surface area (Å²) in [7, 11) is 1.64. The Balaban J connectivity index is 0.00000225. The van der Waals surface area contributed by atoms with Crippen LogP contribution < -0.4 is 15.8 Å². The molecule has 0 saturated heterocycles. The first-order chi connectivity index (χ1) is 11.7. The van der Waals surface area contributed by atoms with Crippen LogP contribution in [0.25, 0.3) is 10.9 Å². The largest absolute Gasteiger partial charge is 0.497 e. The van der Waals surface area contributed by atoms with Gasteiger partial charge in [0.25, 0.3) is 0 Å². The molecule has 0 atom stereocenters. The van der Waals surface area contributed by atoms with Gasteiger partial charge in [0.05, 0.1) is 7.11 Å². The monoisotopic (exact) mass is 450 g/mol. The third-order valence-electron chi connectivity index (χ3n) is 3.93. The smallest absolute Gasteiger partial charge is 0.193 e. The third kappa shape index (κ3) is 4.88. The SMILES string of the molecule is COc1cccc(NC(N)=NCCc2c[nH]c3cc(C)ccc23)c1.I. The van der Waals surface area contributed by atoms with Crippen molar-refractivity contribution in [1.29, 1.82) is 0 Å². The number of fused-ring (bicyclic) bond motifs is 1. The number of ether oxygens (including phenoxy) is 1. The number of nitrogens with one attached hydrogen (secondary N) is 2. The third-order valence-corrected chi connectivity index (χ3v) is 3.93. The second kappa shape index (κ2) is 8.75. The van der Waals surface area contributed by atoms with Crippen LogP contribution in [0, 0.1) is 6.92 Å². The molecule has 132 valence electrons. The average molecular weight is 450 g/mol. The van der Waals surface area contributed by atoms with Gasteiger partial charge in [0.2, 0.25) is 0 Å². The number of benzene rings is 2. The van der Waals surface area contributed by atoms with Crippen LogP contribution in [0.1, 0.15) is 11.1 Å². The topological polar surface area (TPSA) is 75.4 Å². The summed E-state index contributed by atoms with van der Waals surface area (Å²) in [6.07, 6.45) is 2.88. The molecule has 0 radical (unpaired) electrons. The highest BCUT2D eigenvalue weighted by atomic mass is 127. The van der Waals surface area contributed by atoms with E-state index in [9.17, 15) is 0 Å². The summed E-state index contributed by atoms with van der Waals surface area (Å²) in [6, 6.07) is 14.0. The summed E-state index contributed by atoms with van der Waals surface area (Å²) < 4.78 is 5.19. The molecule has 3 aromatic rings. The minimum absolute atomic E-state index is 0. The van der Waals surface area contributed by atoms with Crippen molar-refractivity contribution in [2.45, 2.75) is 13.3 Å². The van der Waals surface area contributed by atoms with Crippen LogP contribution in [-0.2, 0) is 6.42 Å². The maximum atomic E-state index is 5.96. The number of nitrogens with zero attached hydrogens (tertiary/aromatic N) is 1. The Bertz CT molecular complexity index is 873. The molecule has 0 fully saturated rings. The first-order valence-electron chi connectivity index (χ1n) is 7.93. The molecule has 0 amide bonds. The molecule has 1 heterocycles. The zero-order valence-corrected chi connectivity index (χ0v) is 16.7. The maximum absolute atomic E-state index is 5.96. The van der Waals surface area contributed by atoms with Crippen LogP contribution >= 0.6 is 24.0 Å². The van der Waals surface area contributed by atoms with E-state index in [0.29, 0.717) is 12.5 Å². The van der Waals surface area contributed by atoms with Gasteiger partial charge in [-0.3, -0.25) is 4.99 Å². The number of nitrogens with two attached hydrogens (primary N) is 1. The summed E-state index contributed by atoms with van der Waals surface area (Å²) >= 11 is 0. The van der Waals surface area contributed by atoms with Crippen LogP contribution in [0.3, 0.4) is 0 Å². The van der Waals surface area contributed by atoms with E-state index in [1.807, 2.05) is 30.5 Å². The molecule has 25 heavy (non-hydrogen) atoms. The number of aromatic nitrogens is 1. The number of hydrogen-bond donors (Lipinski definition) is 3. The van der Waals surface area contributed by atoms with Gasteiger partial charge in [-0.25, -0.2) is 0 Å². The lowest BCUT2D eigenvalue weighted by molar-refractivity contribution is 0.415. The zero-order chi connectivity index (χ0) is 16.9. The van der Waals surface area contributed by atoms with E-state index in [4.69, 9.17) is 10.5 Å². The van der Waals surface area contributed by atoms with Gasteiger partial charge in [-0.15, -0.1) is 24.0 Å². The van der Waals surface area contributed by atoms with E-state index in [1.165, 1.54) is 16.5 Å². The number of aromatic amines is 1. The van der Waals surface area contributed by atoms with Gasteiger partial charge in [-0.1, -0.05) is 18.2 Å². The Kier molecular flexibility index (Phi) is 6.69. The molecule has 0 bridgehead atoms. The molecular formula is C19H23IN4O. The summed E-state index contributed by atoms with van der Waals surface area (Å²) in [6.45, 7) is 2.72. The Morgan fingerprint density at radius 3 is 2.88 bits per heavy atom. The second-order valence-electron chi connectivity index (χ2n) is 5.74. The van der Waals surface area contributed by atoms with Gasteiger partial charge in [-0.05, 0) is 42.7 Å². The molecule has 1 aromatic heterocycles. The predicted octanol–water partition coefficient (Wildman–Crippen LogP) is 4.07. The van der Waals surface area contributed by atoms with Gasteiger partial charge in [0, 0.05) is 35.4 Å². The van der Waals surface area contributed by atoms with E-state index >= 15 is 0 Å². The number of H-pyrrole nitrogens is 1. The lowest BCUT2D eigenvalue weighted by Crippen LogP contribution is -2.23. The van der Waals surface area contributed by atoms with E-state index in [0.717, 1.165) is 23.4 Å². The van der Waals surface area contributed by atoms with Gasteiger partial charge in [0.15, 0.2) is 5.96 Å². The Morgan fingerprint density at radius 1 is 1.24 bits per heavy atom. The molecule has 0 aliphatic rings. The van der Waals surface area contributed by atoms with Crippen molar-refractivity contribution in [3.05, 3.63) is 59.8 Å². The highest BCUT2D eigenvalue weighted by molar-refractivity contribution is 14.0. The number of guanidine groups is 1. The maximum Gasteiger partial charge on any atom is 0.193 e. The number of anilines is 1. The molecule has 3 rings (SSSR count). The molecule has 5 nitrogen and oxygen atoms in total. The summed E-state index contributed by atoms with van der Waals surface area (Å²) in [4.78, 5) is 7.71.